The average molecular weight is 593 g/mol. The quantitative estimate of drug-likeness (QED) is 0.275. The van der Waals surface area contributed by atoms with Crippen molar-refractivity contribution in [2.45, 2.75) is 106 Å². The molecule has 0 aromatic heterocycles. The molecule has 0 heterocycles. The SMILES string of the molecule is CCCCC(=O)Oc1c(C(C)(C)C)cc(C)c(C)c1-c1c(C)c(C)cc(C(C)(C)C)c1O.[Cl-].[Cl-].[Cl-].[Ti+3]. The molecule has 0 fully saturated rings. The predicted molar refractivity (Wildman–Crippen MR) is 135 cm³/mol. The van der Waals surface area contributed by atoms with Gasteiger partial charge in [0.25, 0.3) is 0 Å². The van der Waals surface area contributed by atoms with Gasteiger partial charge in [-0.15, -0.1) is 0 Å². The second kappa shape index (κ2) is 15.0. The fraction of sp³-hybridized carbons (Fsp3) is 0.552. The van der Waals surface area contributed by atoms with Crippen molar-refractivity contribution >= 4 is 5.97 Å². The maximum atomic E-state index is 12.8. The predicted octanol–water partition coefficient (Wildman–Crippen LogP) is -1.01. The summed E-state index contributed by atoms with van der Waals surface area (Å²) in [6.07, 6.45) is 2.12. The van der Waals surface area contributed by atoms with E-state index in [9.17, 15) is 9.90 Å². The van der Waals surface area contributed by atoms with Gasteiger partial charge in [-0.25, -0.2) is 0 Å². The molecule has 0 saturated heterocycles. The van der Waals surface area contributed by atoms with E-state index >= 15 is 0 Å². The molecule has 0 aliphatic heterocycles. The number of carbonyl (C=O) groups is 1. The number of hydrogen-bond acceptors (Lipinski definition) is 3. The van der Waals surface area contributed by atoms with Gasteiger partial charge in [0.05, 0.1) is 0 Å². The Morgan fingerprint density at radius 2 is 1.22 bits per heavy atom. The molecule has 1 radical (unpaired) electrons. The Balaban J connectivity index is -0.00000272. The monoisotopic (exact) mass is 591 g/mol. The van der Waals surface area contributed by atoms with Crippen LogP contribution in [0, 0.1) is 27.7 Å². The number of esters is 1. The van der Waals surface area contributed by atoms with Gasteiger partial charge < -0.3 is 47.1 Å². The summed E-state index contributed by atoms with van der Waals surface area (Å²) >= 11 is 0. The number of halogens is 3. The van der Waals surface area contributed by atoms with Crippen LogP contribution in [0.25, 0.3) is 11.1 Å². The van der Waals surface area contributed by atoms with Crippen LogP contribution < -0.4 is 42.0 Å². The van der Waals surface area contributed by atoms with E-state index in [4.69, 9.17) is 4.74 Å². The van der Waals surface area contributed by atoms with Crippen molar-refractivity contribution < 1.29 is 73.6 Å². The van der Waals surface area contributed by atoms with Crippen molar-refractivity contribution in [1.29, 1.82) is 0 Å². The number of phenolic OH excluding ortho intramolecular Hbond substituents is 1. The van der Waals surface area contributed by atoms with E-state index in [0.29, 0.717) is 12.2 Å². The zero-order valence-corrected chi connectivity index (χ0v) is 27.5. The maximum absolute atomic E-state index is 12.8. The largest absolute Gasteiger partial charge is 3.00 e. The number of aromatic hydroxyl groups is 1. The molecule has 0 unspecified atom stereocenters. The van der Waals surface area contributed by atoms with Crippen LogP contribution in [-0.2, 0) is 37.3 Å². The van der Waals surface area contributed by atoms with Crippen LogP contribution in [0.3, 0.4) is 0 Å². The molecule has 1 N–H and O–H groups in total. The standard InChI is InChI=1S/C29H42O3.3ClH.Ti/c1-12-13-14-23(30)32-27-22(29(9,10)11)16-18(3)20(5)25(27)24-19(4)17(2)15-21(26(24)31)28(6,7)8;;;;/h15-16,31H,12-14H2,1-11H3;3*1H;/q;;;;+3/p-3. The molecule has 2 rings (SSSR count). The Hall–Kier alpha value is -0.706. The van der Waals surface area contributed by atoms with Gasteiger partial charge in [0, 0.05) is 28.7 Å². The Labute approximate surface area is 252 Å². The van der Waals surface area contributed by atoms with Crippen LogP contribution in [0.5, 0.6) is 11.5 Å². The number of ether oxygens (including phenoxy) is 1. The molecule has 0 bridgehead atoms. The van der Waals surface area contributed by atoms with Crippen molar-refractivity contribution in [1.82, 2.24) is 0 Å². The maximum Gasteiger partial charge on any atom is 3.00 e. The molecule has 0 aliphatic rings. The first-order chi connectivity index (χ1) is 14.6. The number of hydrogen-bond donors (Lipinski definition) is 1. The summed E-state index contributed by atoms with van der Waals surface area (Å²) in [5.74, 6) is 0.647. The summed E-state index contributed by atoms with van der Waals surface area (Å²) in [5.41, 5.74) is 7.32. The smallest absolute Gasteiger partial charge is 1.00 e. The number of carbonyl (C=O) groups excluding carboxylic acids is 1. The molecule has 2 aromatic rings. The molecule has 3 nitrogen and oxygen atoms in total. The van der Waals surface area contributed by atoms with Gasteiger partial charge in [-0.2, -0.15) is 0 Å². The van der Waals surface area contributed by atoms with E-state index in [1.807, 2.05) is 6.92 Å². The van der Waals surface area contributed by atoms with Gasteiger partial charge in [0.1, 0.15) is 11.5 Å². The molecule has 7 heteroatoms. The van der Waals surface area contributed by atoms with Gasteiger partial charge in [0.2, 0.25) is 0 Å². The van der Waals surface area contributed by atoms with Crippen LogP contribution >= 0.6 is 0 Å². The summed E-state index contributed by atoms with van der Waals surface area (Å²) < 4.78 is 6.12. The fourth-order valence-corrected chi connectivity index (χ4v) is 4.12. The van der Waals surface area contributed by atoms with Crippen molar-refractivity contribution in [3.05, 3.63) is 45.5 Å². The molecule has 0 saturated carbocycles. The van der Waals surface area contributed by atoms with Crippen molar-refractivity contribution in [2.75, 3.05) is 0 Å². The van der Waals surface area contributed by atoms with Gasteiger partial charge in [-0.1, -0.05) is 67.0 Å². The zero-order chi connectivity index (χ0) is 24.6. The van der Waals surface area contributed by atoms with Gasteiger partial charge in [-0.3, -0.25) is 4.79 Å². The third-order valence-corrected chi connectivity index (χ3v) is 6.43. The summed E-state index contributed by atoms with van der Waals surface area (Å²) in [6.45, 7) is 23.0. The Morgan fingerprint density at radius 1 is 0.806 bits per heavy atom. The van der Waals surface area contributed by atoms with Crippen molar-refractivity contribution in [3.63, 3.8) is 0 Å². The molecule has 0 spiro atoms. The number of rotatable bonds is 5. The summed E-state index contributed by atoms with van der Waals surface area (Å²) in [6, 6.07) is 4.21. The molecular formula is C29H42Cl3O3Ti. The van der Waals surface area contributed by atoms with E-state index in [1.54, 1.807) is 0 Å². The molecule has 0 amide bonds. The van der Waals surface area contributed by atoms with Crippen LogP contribution in [0.4, 0.5) is 0 Å². The minimum atomic E-state index is -0.228. The van der Waals surface area contributed by atoms with E-state index in [-0.39, 0.29) is 81.5 Å². The molecule has 201 valence electrons. The number of phenols is 1. The first kappa shape index (κ1) is 39.8. The molecular weight excluding hydrogens is 551 g/mol. The first-order valence-corrected chi connectivity index (χ1v) is 11.8. The number of aryl methyl sites for hydroxylation is 2. The third-order valence-electron chi connectivity index (χ3n) is 6.43. The molecule has 36 heavy (non-hydrogen) atoms. The number of benzene rings is 2. The van der Waals surface area contributed by atoms with Crippen LogP contribution in [0.2, 0.25) is 0 Å². The normalized spacial score (nSPS) is 10.9. The first-order valence-electron chi connectivity index (χ1n) is 11.8. The Kier molecular flexibility index (Phi) is 16.6. The summed E-state index contributed by atoms with van der Waals surface area (Å²) in [4.78, 5) is 12.8. The summed E-state index contributed by atoms with van der Waals surface area (Å²) in [5, 5.41) is 11.6. The van der Waals surface area contributed by atoms with E-state index in [1.165, 1.54) is 0 Å². The van der Waals surface area contributed by atoms with E-state index in [0.717, 1.165) is 57.3 Å². The second-order valence-electron chi connectivity index (χ2n) is 11.2. The van der Waals surface area contributed by atoms with Crippen LogP contribution in [0.15, 0.2) is 12.1 Å². The van der Waals surface area contributed by atoms with Crippen LogP contribution in [0.1, 0.15) is 101 Å². The Morgan fingerprint density at radius 3 is 1.64 bits per heavy atom. The second-order valence-corrected chi connectivity index (χ2v) is 11.2. The van der Waals surface area contributed by atoms with Gasteiger partial charge in [-0.05, 0) is 67.2 Å². The molecule has 0 aliphatic carbocycles. The fourth-order valence-electron chi connectivity index (χ4n) is 4.12. The number of unbranched alkanes of at least 4 members (excludes halogenated alkanes) is 1. The summed E-state index contributed by atoms with van der Waals surface area (Å²) in [7, 11) is 0. The average Bonchev–Trinajstić information content (AvgIpc) is 2.66. The van der Waals surface area contributed by atoms with Crippen molar-refractivity contribution in [2.24, 2.45) is 0 Å². The minimum absolute atomic E-state index is 0. The van der Waals surface area contributed by atoms with E-state index in [2.05, 4.69) is 81.4 Å². The van der Waals surface area contributed by atoms with Crippen LogP contribution in [-0.4, -0.2) is 11.1 Å². The topological polar surface area (TPSA) is 46.5 Å². The third kappa shape index (κ3) is 8.67. The Bertz CT molecular complexity index is 1040. The van der Waals surface area contributed by atoms with Gasteiger partial charge in [0.15, 0.2) is 0 Å². The molecule has 2 aromatic carbocycles. The minimum Gasteiger partial charge on any atom is -1.00 e. The van der Waals surface area contributed by atoms with E-state index < -0.39 is 0 Å². The van der Waals surface area contributed by atoms with Gasteiger partial charge >= 0.3 is 27.7 Å². The molecule has 0 atom stereocenters. The van der Waals surface area contributed by atoms with Crippen molar-refractivity contribution in [3.8, 4) is 22.6 Å². The zero-order valence-electron chi connectivity index (χ0n) is 23.7.